The molecule has 0 bridgehead atoms. The Morgan fingerprint density at radius 1 is 1.19 bits per heavy atom. The lowest BCUT2D eigenvalue weighted by atomic mass is 10.2. The summed E-state index contributed by atoms with van der Waals surface area (Å²) < 4.78 is 42.8. The van der Waals surface area contributed by atoms with Gasteiger partial charge in [-0.15, -0.1) is 16.8 Å². The zero-order valence-corrected chi connectivity index (χ0v) is 11.2. The van der Waals surface area contributed by atoms with Gasteiger partial charge in [0, 0.05) is 12.1 Å². The molecule has 0 atom stereocenters. The highest BCUT2D eigenvalue weighted by Crippen LogP contribution is 2.20. The van der Waals surface area contributed by atoms with E-state index in [1.54, 1.807) is 12.1 Å². The Hall–Kier alpha value is -2.15. The first-order chi connectivity index (χ1) is 9.98. The molecule has 1 aromatic heterocycles. The van der Waals surface area contributed by atoms with E-state index in [1.165, 1.54) is 6.08 Å². The van der Waals surface area contributed by atoms with E-state index in [1.807, 2.05) is 18.2 Å². The molecule has 4 nitrogen and oxygen atoms in total. The standard InChI is InChI=1S/C14H14F3N3O/c1-2-8-20(10-14(15,16)17)9-12-18-19-13(21-12)11-6-4-3-5-7-11/h2-7H,1,8-10H2. The Kier molecular flexibility index (Phi) is 4.74. The summed E-state index contributed by atoms with van der Waals surface area (Å²) in [6.07, 6.45) is -2.88. The number of rotatable bonds is 6. The monoisotopic (exact) mass is 297 g/mol. The maximum absolute atomic E-state index is 12.5. The highest BCUT2D eigenvalue weighted by molar-refractivity contribution is 5.51. The molecule has 0 aliphatic carbocycles. The first-order valence-corrected chi connectivity index (χ1v) is 6.26. The van der Waals surface area contributed by atoms with Crippen molar-refractivity contribution in [3.63, 3.8) is 0 Å². The second-order valence-corrected chi connectivity index (χ2v) is 4.44. The van der Waals surface area contributed by atoms with Gasteiger partial charge in [0.1, 0.15) is 0 Å². The molecule has 112 valence electrons. The summed E-state index contributed by atoms with van der Waals surface area (Å²) in [4.78, 5) is 1.13. The SMILES string of the molecule is C=CCN(Cc1nnc(-c2ccccc2)o1)CC(F)(F)F. The smallest absolute Gasteiger partial charge is 0.401 e. The van der Waals surface area contributed by atoms with Crippen molar-refractivity contribution in [1.29, 1.82) is 0 Å². The summed E-state index contributed by atoms with van der Waals surface area (Å²) in [6.45, 7) is 2.40. The third-order valence-corrected chi connectivity index (χ3v) is 2.64. The molecular formula is C14H14F3N3O. The van der Waals surface area contributed by atoms with Gasteiger partial charge in [0.25, 0.3) is 0 Å². The van der Waals surface area contributed by atoms with E-state index in [4.69, 9.17) is 4.42 Å². The average Bonchev–Trinajstić information content (AvgIpc) is 2.87. The topological polar surface area (TPSA) is 42.2 Å². The molecule has 0 fully saturated rings. The van der Waals surface area contributed by atoms with Crippen molar-refractivity contribution in [1.82, 2.24) is 15.1 Å². The second-order valence-electron chi connectivity index (χ2n) is 4.44. The fourth-order valence-corrected chi connectivity index (χ4v) is 1.83. The largest absolute Gasteiger partial charge is 0.419 e. The molecule has 1 aromatic carbocycles. The van der Waals surface area contributed by atoms with Crippen LogP contribution in [0, 0.1) is 0 Å². The molecule has 2 aromatic rings. The molecule has 0 saturated carbocycles. The highest BCUT2D eigenvalue weighted by Gasteiger charge is 2.31. The summed E-state index contributed by atoms with van der Waals surface area (Å²) in [5, 5.41) is 7.63. The van der Waals surface area contributed by atoms with Gasteiger partial charge in [-0.3, -0.25) is 4.90 Å². The molecule has 1 heterocycles. The van der Waals surface area contributed by atoms with Gasteiger partial charge in [-0.05, 0) is 12.1 Å². The van der Waals surface area contributed by atoms with E-state index in [0.29, 0.717) is 0 Å². The van der Waals surface area contributed by atoms with E-state index in [2.05, 4.69) is 16.8 Å². The Bertz CT molecular complexity index is 581. The van der Waals surface area contributed by atoms with Gasteiger partial charge < -0.3 is 4.42 Å². The Labute approximate surface area is 119 Å². The van der Waals surface area contributed by atoms with E-state index in [-0.39, 0.29) is 24.9 Å². The lowest BCUT2D eigenvalue weighted by Crippen LogP contribution is -2.34. The summed E-state index contributed by atoms with van der Waals surface area (Å²) in [7, 11) is 0. The molecule has 0 amide bonds. The minimum Gasteiger partial charge on any atom is -0.419 e. The van der Waals surface area contributed by atoms with Gasteiger partial charge in [-0.2, -0.15) is 13.2 Å². The van der Waals surface area contributed by atoms with Gasteiger partial charge in [0.2, 0.25) is 11.8 Å². The van der Waals surface area contributed by atoms with Crippen LogP contribution in [0.2, 0.25) is 0 Å². The minimum atomic E-state index is -4.29. The quantitative estimate of drug-likeness (QED) is 0.767. The van der Waals surface area contributed by atoms with Crippen molar-refractivity contribution in [3.05, 3.63) is 48.9 Å². The van der Waals surface area contributed by atoms with Crippen molar-refractivity contribution in [2.45, 2.75) is 12.7 Å². The van der Waals surface area contributed by atoms with E-state index >= 15 is 0 Å². The van der Waals surface area contributed by atoms with Crippen molar-refractivity contribution in [2.24, 2.45) is 0 Å². The normalized spacial score (nSPS) is 11.8. The van der Waals surface area contributed by atoms with E-state index in [0.717, 1.165) is 10.5 Å². The summed E-state index contributed by atoms with van der Waals surface area (Å²) in [5.41, 5.74) is 0.724. The van der Waals surface area contributed by atoms with E-state index in [9.17, 15) is 13.2 Å². The van der Waals surface area contributed by atoms with Crippen LogP contribution in [0.25, 0.3) is 11.5 Å². The molecular weight excluding hydrogens is 283 g/mol. The molecule has 0 unspecified atom stereocenters. The average molecular weight is 297 g/mol. The summed E-state index contributed by atoms with van der Waals surface area (Å²) >= 11 is 0. The van der Waals surface area contributed by atoms with Crippen molar-refractivity contribution >= 4 is 0 Å². The van der Waals surface area contributed by atoms with Gasteiger partial charge >= 0.3 is 6.18 Å². The van der Waals surface area contributed by atoms with Crippen LogP contribution in [-0.4, -0.2) is 34.4 Å². The third kappa shape index (κ3) is 4.71. The molecule has 0 radical (unpaired) electrons. The summed E-state index contributed by atoms with van der Waals surface area (Å²) in [5.74, 6) is 0.427. The van der Waals surface area contributed by atoms with Crippen LogP contribution < -0.4 is 0 Å². The van der Waals surface area contributed by atoms with Crippen LogP contribution in [0.3, 0.4) is 0 Å². The zero-order valence-electron chi connectivity index (χ0n) is 11.2. The molecule has 0 aliphatic heterocycles. The van der Waals surface area contributed by atoms with Crippen molar-refractivity contribution < 1.29 is 17.6 Å². The third-order valence-electron chi connectivity index (χ3n) is 2.64. The number of hydrogen-bond acceptors (Lipinski definition) is 4. The Morgan fingerprint density at radius 2 is 1.90 bits per heavy atom. The van der Waals surface area contributed by atoms with E-state index < -0.39 is 12.7 Å². The predicted octanol–water partition coefficient (Wildman–Crippen LogP) is 3.29. The van der Waals surface area contributed by atoms with Crippen LogP contribution >= 0.6 is 0 Å². The number of alkyl halides is 3. The molecule has 21 heavy (non-hydrogen) atoms. The zero-order chi connectivity index (χ0) is 15.3. The van der Waals surface area contributed by atoms with Gasteiger partial charge in [-0.1, -0.05) is 24.3 Å². The number of nitrogens with zero attached hydrogens (tertiary/aromatic N) is 3. The van der Waals surface area contributed by atoms with Gasteiger partial charge in [0.05, 0.1) is 13.1 Å². The summed E-state index contributed by atoms with van der Waals surface area (Å²) in [6, 6.07) is 9.04. The van der Waals surface area contributed by atoms with Crippen LogP contribution in [0.4, 0.5) is 13.2 Å². The van der Waals surface area contributed by atoms with Crippen LogP contribution in [0.5, 0.6) is 0 Å². The number of halogens is 3. The minimum absolute atomic E-state index is 0.0780. The molecule has 0 N–H and O–H groups in total. The lowest BCUT2D eigenvalue weighted by molar-refractivity contribution is -0.146. The van der Waals surface area contributed by atoms with Crippen LogP contribution in [0.15, 0.2) is 47.4 Å². The maximum atomic E-state index is 12.5. The molecule has 7 heteroatoms. The number of hydrogen-bond donors (Lipinski definition) is 0. The fourth-order valence-electron chi connectivity index (χ4n) is 1.83. The number of aromatic nitrogens is 2. The van der Waals surface area contributed by atoms with Crippen LogP contribution in [0.1, 0.15) is 5.89 Å². The highest BCUT2D eigenvalue weighted by atomic mass is 19.4. The van der Waals surface area contributed by atoms with Gasteiger partial charge in [-0.25, -0.2) is 0 Å². The van der Waals surface area contributed by atoms with Crippen LogP contribution in [-0.2, 0) is 6.54 Å². The first-order valence-electron chi connectivity index (χ1n) is 6.26. The molecule has 0 aliphatic rings. The second kappa shape index (κ2) is 6.53. The molecule has 2 rings (SSSR count). The molecule has 0 saturated heterocycles. The maximum Gasteiger partial charge on any atom is 0.401 e. The molecule has 0 spiro atoms. The van der Waals surface area contributed by atoms with Gasteiger partial charge in [0.15, 0.2) is 0 Å². The first kappa shape index (κ1) is 15.2. The fraction of sp³-hybridized carbons (Fsp3) is 0.286. The Balaban J connectivity index is 2.08. The predicted molar refractivity (Wildman–Crippen MR) is 71.3 cm³/mol. The lowest BCUT2D eigenvalue weighted by Gasteiger charge is -2.19. The van der Waals surface area contributed by atoms with Crippen molar-refractivity contribution in [3.8, 4) is 11.5 Å². The number of benzene rings is 1. The Morgan fingerprint density at radius 3 is 2.52 bits per heavy atom. The van der Waals surface area contributed by atoms with Crippen molar-refractivity contribution in [2.75, 3.05) is 13.1 Å².